The average Bonchev–Trinajstić information content (AvgIpc) is 2.28. The Morgan fingerprint density at radius 2 is 1.67 bits per heavy atom. The van der Waals surface area contributed by atoms with Gasteiger partial charge in [-0.1, -0.05) is 29.3 Å². The first-order chi connectivity index (χ1) is 8.17. The van der Waals surface area contributed by atoms with E-state index in [9.17, 15) is 0 Å². The van der Waals surface area contributed by atoms with E-state index < -0.39 is 0 Å². The molecule has 0 aromatic heterocycles. The van der Waals surface area contributed by atoms with Crippen molar-refractivity contribution in [3.05, 3.63) is 34.9 Å². The van der Waals surface area contributed by atoms with E-state index in [-0.39, 0.29) is 12.4 Å². The van der Waals surface area contributed by atoms with Crippen LogP contribution >= 0.6 is 12.4 Å². The Kier molecular flexibility index (Phi) is 6.13. The Morgan fingerprint density at radius 3 is 2.17 bits per heavy atom. The van der Waals surface area contributed by atoms with Crippen LogP contribution < -0.4 is 5.32 Å². The summed E-state index contributed by atoms with van der Waals surface area (Å²) in [5.74, 6) is 0. The maximum Gasteiger partial charge on any atom is 0.0233 e. The Hall–Kier alpha value is -0.570. The van der Waals surface area contributed by atoms with Gasteiger partial charge in [-0.25, -0.2) is 0 Å². The van der Waals surface area contributed by atoms with Crippen LogP contribution in [0.15, 0.2) is 18.2 Å². The van der Waals surface area contributed by atoms with Crippen LogP contribution in [0.3, 0.4) is 0 Å². The van der Waals surface area contributed by atoms with Crippen molar-refractivity contribution in [3.63, 3.8) is 0 Å². The fourth-order valence-electron chi connectivity index (χ4n) is 2.80. The first-order valence-corrected chi connectivity index (χ1v) is 6.64. The van der Waals surface area contributed by atoms with Crippen LogP contribution in [0.4, 0.5) is 0 Å². The molecule has 0 saturated carbocycles. The minimum Gasteiger partial charge on any atom is -0.317 e. The number of likely N-dealkylation sites (tertiary alicyclic amines) is 1. The molecule has 0 bridgehead atoms. The standard InChI is InChI=1S/C15H24N2.ClH/c1-12-8-13(2)10-14(9-12)11-17-6-4-15(16-3)5-7-17;/h8-10,15-16H,4-7,11H2,1-3H3;1H. The second-order valence-corrected chi connectivity index (χ2v) is 5.34. The molecule has 1 aromatic rings. The zero-order chi connectivity index (χ0) is 12.3. The maximum atomic E-state index is 3.38. The third-order valence-electron chi connectivity index (χ3n) is 3.68. The van der Waals surface area contributed by atoms with Crippen LogP contribution in [-0.2, 0) is 6.54 Å². The lowest BCUT2D eigenvalue weighted by Crippen LogP contribution is -2.40. The molecule has 0 radical (unpaired) electrons. The molecule has 0 unspecified atom stereocenters. The number of piperidine rings is 1. The van der Waals surface area contributed by atoms with Crippen LogP contribution in [0.5, 0.6) is 0 Å². The lowest BCUT2D eigenvalue weighted by atomic mass is 10.0. The molecule has 102 valence electrons. The van der Waals surface area contributed by atoms with Gasteiger partial charge in [-0.15, -0.1) is 12.4 Å². The van der Waals surface area contributed by atoms with Crippen molar-refractivity contribution in [3.8, 4) is 0 Å². The van der Waals surface area contributed by atoms with Gasteiger partial charge in [0.2, 0.25) is 0 Å². The smallest absolute Gasteiger partial charge is 0.0233 e. The quantitative estimate of drug-likeness (QED) is 0.907. The molecule has 3 heteroatoms. The van der Waals surface area contributed by atoms with Gasteiger partial charge in [0, 0.05) is 12.6 Å². The Balaban J connectivity index is 0.00000162. The summed E-state index contributed by atoms with van der Waals surface area (Å²) in [6.07, 6.45) is 2.56. The monoisotopic (exact) mass is 268 g/mol. The summed E-state index contributed by atoms with van der Waals surface area (Å²) in [5, 5.41) is 3.38. The van der Waals surface area contributed by atoms with Gasteiger partial charge in [-0.05, 0) is 52.4 Å². The molecule has 1 aromatic carbocycles. The number of benzene rings is 1. The number of hydrogen-bond donors (Lipinski definition) is 1. The van der Waals surface area contributed by atoms with Crippen LogP contribution in [0, 0.1) is 13.8 Å². The molecule has 1 saturated heterocycles. The third-order valence-corrected chi connectivity index (χ3v) is 3.68. The number of aryl methyl sites for hydroxylation is 2. The highest BCUT2D eigenvalue weighted by Gasteiger charge is 2.17. The van der Waals surface area contributed by atoms with Gasteiger partial charge < -0.3 is 5.32 Å². The first kappa shape index (κ1) is 15.5. The Morgan fingerprint density at radius 1 is 1.11 bits per heavy atom. The van der Waals surface area contributed by atoms with Crippen molar-refractivity contribution in [1.82, 2.24) is 10.2 Å². The van der Waals surface area contributed by atoms with Crippen LogP contribution in [0.25, 0.3) is 0 Å². The fourth-order valence-corrected chi connectivity index (χ4v) is 2.80. The van der Waals surface area contributed by atoms with E-state index in [0.29, 0.717) is 0 Å². The van der Waals surface area contributed by atoms with Gasteiger partial charge in [0.1, 0.15) is 0 Å². The molecule has 2 rings (SSSR count). The highest BCUT2D eigenvalue weighted by atomic mass is 35.5. The zero-order valence-electron chi connectivity index (χ0n) is 11.7. The van der Waals surface area contributed by atoms with Crippen molar-refractivity contribution >= 4 is 12.4 Å². The summed E-state index contributed by atoms with van der Waals surface area (Å²) in [6, 6.07) is 7.61. The second kappa shape index (κ2) is 7.13. The van der Waals surface area contributed by atoms with Gasteiger partial charge in [0.15, 0.2) is 0 Å². The van der Waals surface area contributed by atoms with Crippen molar-refractivity contribution in [2.24, 2.45) is 0 Å². The molecule has 1 aliphatic heterocycles. The van der Waals surface area contributed by atoms with E-state index in [4.69, 9.17) is 0 Å². The van der Waals surface area contributed by atoms with Crippen molar-refractivity contribution in [2.75, 3.05) is 20.1 Å². The fraction of sp³-hybridized carbons (Fsp3) is 0.600. The molecule has 1 N–H and O–H groups in total. The topological polar surface area (TPSA) is 15.3 Å². The summed E-state index contributed by atoms with van der Waals surface area (Å²) in [5.41, 5.74) is 4.22. The number of rotatable bonds is 3. The van der Waals surface area contributed by atoms with Gasteiger partial charge in [0.25, 0.3) is 0 Å². The first-order valence-electron chi connectivity index (χ1n) is 6.64. The van der Waals surface area contributed by atoms with Gasteiger partial charge in [-0.2, -0.15) is 0 Å². The number of hydrogen-bond acceptors (Lipinski definition) is 2. The minimum atomic E-state index is 0. The van der Waals surface area contributed by atoms with Crippen LogP contribution in [-0.4, -0.2) is 31.1 Å². The number of halogens is 1. The molecule has 2 nitrogen and oxygen atoms in total. The van der Waals surface area contributed by atoms with E-state index in [1.165, 1.54) is 42.6 Å². The molecule has 1 fully saturated rings. The molecule has 1 aliphatic rings. The summed E-state index contributed by atoms with van der Waals surface area (Å²) >= 11 is 0. The largest absolute Gasteiger partial charge is 0.317 e. The third kappa shape index (κ3) is 4.27. The zero-order valence-corrected chi connectivity index (χ0v) is 12.5. The summed E-state index contributed by atoms with van der Waals surface area (Å²) in [7, 11) is 2.07. The van der Waals surface area contributed by atoms with E-state index >= 15 is 0 Å². The molecule has 18 heavy (non-hydrogen) atoms. The number of nitrogens with one attached hydrogen (secondary N) is 1. The predicted octanol–water partition coefficient (Wildman–Crippen LogP) is 2.91. The minimum absolute atomic E-state index is 0. The van der Waals surface area contributed by atoms with Crippen molar-refractivity contribution in [2.45, 2.75) is 39.3 Å². The molecule has 0 amide bonds. The molecule has 0 spiro atoms. The second-order valence-electron chi connectivity index (χ2n) is 5.34. The SMILES string of the molecule is CNC1CCN(Cc2cc(C)cc(C)c2)CC1.Cl. The molecule has 1 heterocycles. The summed E-state index contributed by atoms with van der Waals surface area (Å²) in [6.45, 7) is 7.92. The van der Waals surface area contributed by atoms with E-state index in [1.54, 1.807) is 0 Å². The van der Waals surface area contributed by atoms with Crippen LogP contribution in [0.2, 0.25) is 0 Å². The molecular weight excluding hydrogens is 244 g/mol. The Bertz CT molecular complexity index is 351. The van der Waals surface area contributed by atoms with Gasteiger partial charge in [0.05, 0.1) is 0 Å². The average molecular weight is 269 g/mol. The maximum absolute atomic E-state index is 3.38. The van der Waals surface area contributed by atoms with Gasteiger partial charge in [-0.3, -0.25) is 4.90 Å². The molecule has 0 atom stereocenters. The Labute approximate surface area is 117 Å². The summed E-state index contributed by atoms with van der Waals surface area (Å²) in [4.78, 5) is 2.57. The van der Waals surface area contributed by atoms with E-state index in [0.717, 1.165) is 12.6 Å². The van der Waals surface area contributed by atoms with Crippen molar-refractivity contribution in [1.29, 1.82) is 0 Å². The number of nitrogens with zero attached hydrogens (tertiary/aromatic N) is 1. The highest BCUT2D eigenvalue weighted by molar-refractivity contribution is 5.85. The van der Waals surface area contributed by atoms with Crippen LogP contribution in [0.1, 0.15) is 29.5 Å². The predicted molar refractivity (Wildman–Crippen MR) is 80.5 cm³/mol. The lowest BCUT2D eigenvalue weighted by molar-refractivity contribution is 0.194. The van der Waals surface area contributed by atoms with Gasteiger partial charge >= 0.3 is 0 Å². The summed E-state index contributed by atoms with van der Waals surface area (Å²) < 4.78 is 0. The lowest BCUT2D eigenvalue weighted by Gasteiger charge is -2.31. The van der Waals surface area contributed by atoms with E-state index in [1.807, 2.05) is 0 Å². The molecule has 0 aliphatic carbocycles. The van der Waals surface area contributed by atoms with Crippen molar-refractivity contribution < 1.29 is 0 Å². The van der Waals surface area contributed by atoms with E-state index in [2.05, 4.69) is 49.3 Å². The normalized spacial score (nSPS) is 17.5. The highest BCUT2D eigenvalue weighted by Crippen LogP contribution is 2.15. The molecular formula is C15H25ClN2.